The quantitative estimate of drug-likeness (QED) is 0.804. The Hall–Kier alpha value is -1.77. The van der Waals surface area contributed by atoms with E-state index in [1.165, 1.54) is 30.1 Å². The summed E-state index contributed by atoms with van der Waals surface area (Å²) in [6.45, 7) is -0.0510. The molecular weight excluding hydrogens is 347 g/mol. The number of sulfone groups is 1. The highest BCUT2D eigenvalue weighted by Gasteiger charge is 2.33. The Bertz CT molecular complexity index is 703. The Morgan fingerprint density at radius 2 is 2.00 bits per heavy atom. The molecular formula is C15H18F3NO4S. The Kier molecular flexibility index (Phi) is 5.42. The van der Waals surface area contributed by atoms with Gasteiger partial charge in [-0.15, -0.1) is 13.2 Å². The summed E-state index contributed by atoms with van der Waals surface area (Å²) in [5.74, 6) is -0.823. The third kappa shape index (κ3) is 5.40. The van der Waals surface area contributed by atoms with Crippen molar-refractivity contribution in [2.75, 3.05) is 18.6 Å². The lowest BCUT2D eigenvalue weighted by molar-refractivity contribution is -0.275. The average Bonchev–Trinajstić information content (AvgIpc) is 2.78. The maximum absolute atomic E-state index is 12.4. The van der Waals surface area contributed by atoms with Crippen LogP contribution in [-0.2, 0) is 21.2 Å². The summed E-state index contributed by atoms with van der Waals surface area (Å²) >= 11 is 0. The zero-order chi connectivity index (χ0) is 18.0. The van der Waals surface area contributed by atoms with Crippen molar-refractivity contribution >= 4 is 15.7 Å². The molecule has 1 aromatic carbocycles. The van der Waals surface area contributed by atoms with Gasteiger partial charge in [-0.3, -0.25) is 4.79 Å². The molecule has 2 rings (SSSR count). The summed E-state index contributed by atoms with van der Waals surface area (Å²) in [4.78, 5) is 13.5. The third-order valence-electron chi connectivity index (χ3n) is 3.82. The van der Waals surface area contributed by atoms with Gasteiger partial charge in [0.15, 0.2) is 9.84 Å². The lowest BCUT2D eigenvalue weighted by Gasteiger charge is -2.21. The molecule has 1 atom stereocenters. The molecule has 0 aliphatic carbocycles. The van der Waals surface area contributed by atoms with Crippen LogP contribution < -0.4 is 4.74 Å². The molecule has 1 aliphatic rings. The van der Waals surface area contributed by atoms with Gasteiger partial charge in [-0.25, -0.2) is 8.42 Å². The Balaban J connectivity index is 1.99. The molecule has 1 heterocycles. The van der Waals surface area contributed by atoms with Crippen LogP contribution in [0.5, 0.6) is 5.75 Å². The van der Waals surface area contributed by atoms with Crippen LogP contribution in [0.15, 0.2) is 24.3 Å². The van der Waals surface area contributed by atoms with E-state index in [1.807, 2.05) is 0 Å². The first-order chi connectivity index (χ1) is 11.1. The number of ether oxygens (including phenoxy) is 1. The zero-order valence-corrected chi connectivity index (χ0v) is 13.9. The number of carbonyl (C=O) groups is 1. The van der Waals surface area contributed by atoms with Gasteiger partial charge in [0, 0.05) is 25.6 Å². The molecule has 0 radical (unpaired) electrons. The summed E-state index contributed by atoms with van der Waals surface area (Å²) in [7, 11) is -1.60. The molecule has 0 aromatic heterocycles. The average molecular weight is 365 g/mol. The fourth-order valence-corrected chi connectivity index (χ4v) is 4.50. The van der Waals surface area contributed by atoms with E-state index >= 15 is 0 Å². The second kappa shape index (κ2) is 7.00. The molecule has 1 fully saturated rings. The summed E-state index contributed by atoms with van der Waals surface area (Å²) in [6.07, 6.45) is -4.30. The van der Waals surface area contributed by atoms with E-state index in [0.717, 1.165) is 0 Å². The minimum atomic E-state index is -4.81. The number of rotatable bonds is 5. The molecule has 24 heavy (non-hydrogen) atoms. The van der Waals surface area contributed by atoms with Crippen molar-refractivity contribution in [3.8, 4) is 5.75 Å². The van der Waals surface area contributed by atoms with Crippen LogP contribution >= 0.6 is 0 Å². The number of para-hydroxylation sites is 1. The summed E-state index contributed by atoms with van der Waals surface area (Å²) in [5.41, 5.74) is 0.227. The molecule has 0 saturated carbocycles. The second-order valence-corrected chi connectivity index (χ2v) is 8.11. The fraction of sp³-hybridized carbons (Fsp3) is 0.533. The van der Waals surface area contributed by atoms with Crippen LogP contribution in [0.1, 0.15) is 18.4 Å². The van der Waals surface area contributed by atoms with Gasteiger partial charge in [0.05, 0.1) is 11.5 Å². The molecule has 0 N–H and O–H groups in total. The number of benzene rings is 1. The minimum Gasteiger partial charge on any atom is -0.405 e. The molecule has 0 bridgehead atoms. The van der Waals surface area contributed by atoms with E-state index < -0.39 is 16.2 Å². The van der Waals surface area contributed by atoms with Crippen molar-refractivity contribution in [3.05, 3.63) is 29.8 Å². The first-order valence-electron chi connectivity index (χ1n) is 7.34. The van der Waals surface area contributed by atoms with Crippen molar-refractivity contribution < 1.29 is 31.1 Å². The van der Waals surface area contributed by atoms with Crippen LogP contribution in [0.25, 0.3) is 0 Å². The van der Waals surface area contributed by atoms with Gasteiger partial charge >= 0.3 is 6.36 Å². The Morgan fingerprint density at radius 1 is 1.33 bits per heavy atom. The predicted octanol–water partition coefficient (Wildman–Crippen LogP) is 2.37. The van der Waals surface area contributed by atoms with Crippen molar-refractivity contribution in [3.63, 3.8) is 0 Å². The molecule has 9 heteroatoms. The maximum Gasteiger partial charge on any atom is 0.573 e. The highest BCUT2D eigenvalue weighted by atomic mass is 32.2. The van der Waals surface area contributed by atoms with E-state index in [1.54, 1.807) is 6.07 Å². The van der Waals surface area contributed by atoms with Gasteiger partial charge in [0.1, 0.15) is 5.75 Å². The first-order valence-corrected chi connectivity index (χ1v) is 9.16. The highest BCUT2D eigenvalue weighted by Crippen LogP contribution is 2.27. The first kappa shape index (κ1) is 18.6. The highest BCUT2D eigenvalue weighted by molar-refractivity contribution is 7.91. The molecule has 134 valence electrons. The lowest BCUT2D eigenvalue weighted by atomic mass is 10.0. The van der Waals surface area contributed by atoms with Crippen molar-refractivity contribution in [2.24, 2.45) is 5.92 Å². The van der Waals surface area contributed by atoms with E-state index in [2.05, 4.69) is 4.74 Å². The van der Waals surface area contributed by atoms with Crippen molar-refractivity contribution in [2.45, 2.75) is 25.7 Å². The van der Waals surface area contributed by atoms with Crippen molar-refractivity contribution in [1.29, 1.82) is 0 Å². The maximum atomic E-state index is 12.4. The van der Waals surface area contributed by atoms with Gasteiger partial charge in [-0.05, 0) is 18.4 Å². The van der Waals surface area contributed by atoms with Gasteiger partial charge < -0.3 is 9.64 Å². The van der Waals surface area contributed by atoms with E-state index in [0.29, 0.717) is 6.42 Å². The van der Waals surface area contributed by atoms with E-state index in [9.17, 15) is 26.4 Å². The van der Waals surface area contributed by atoms with Crippen LogP contribution in [0.3, 0.4) is 0 Å². The molecule has 1 amide bonds. The topological polar surface area (TPSA) is 63.7 Å². The van der Waals surface area contributed by atoms with Gasteiger partial charge in [-0.1, -0.05) is 18.2 Å². The monoisotopic (exact) mass is 365 g/mol. The predicted molar refractivity (Wildman–Crippen MR) is 81.0 cm³/mol. The lowest BCUT2D eigenvalue weighted by Crippen LogP contribution is -2.29. The number of carbonyl (C=O) groups excluding carboxylic acids is 1. The standard InChI is InChI=1S/C15H18F3NO4S/c1-19(14(20)8-11-6-7-24(21,22)10-11)9-12-4-2-3-5-13(12)23-15(16,17)18/h2-5,11H,6-10H2,1H3. The summed E-state index contributed by atoms with van der Waals surface area (Å²) in [5, 5.41) is 0. The number of amides is 1. The number of hydrogen-bond acceptors (Lipinski definition) is 4. The van der Waals surface area contributed by atoms with Crippen LogP contribution in [-0.4, -0.2) is 44.1 Å². The van der Waals surface area contributed by atoms with E-state index in [4.69, 9.17) is 0 Å². The normalized spacial score (nSPS) is 19.9. The fourth-order valence-electron chi connectivity index (χ4n) is 2.64. The minimum absolute atomic E-state index is 0.0135. The molecule has 5 nitrogen and oxygen atoms in total. The van der Waals surface area contributed by atoms with Crippen LogP contribution in [0.4, 0.5) is 13.2 Å². The molecule has 1 saturated heterocycles. The number of alkyl halides is 3. The Labute approximate surface area is 138 Å². The molecule has 1 aromatic rings. The second-order valence-electron chi connectivity index (χ2n) is 5.88. The third-order valence-corrected chi connectivity index (χ3v) is 5.66. The van der Waals surface area contributed by atoms with Crippen LogP contribution in [0, 0.1) is 5.92 Å². The van der Waals surface area contributed by atoms with Gasteiger partial charge in [0.25, 0.3) is 0 Å². The van der Waals surface area contributed by atoms with Gasteiger partial charge in [0.2, 0.25) is 5.91 Å². The number of halogens is 3. The summed E-state index contributed by atoms with van der Waals surface area (Å²) in [6, 6.07) is 5.60. The largest absolute Gasteiger partial charge is 0.573 e. The van der Waals surface area contributed by atoms with Gasteiger partial charge in [-0.2, -0.15) is 0 Å². The Morgan fingerprint density at radius 3 is 2.58 bits per heavy atom. The SMILES string of the molecule is CN(Cc1ccccc1OC(F)(F)F)C(=O)CC1CCS(=O)(=O)C1. The number of nitrogens with zero attached hydrogens (tertiary/aromatic N) is 1. The molecule has 1 unspecified atom stereocenters. The number of hydrogen-bond donors (Lipinski definition) is 0. The van der Waals surface area contributed by atoms with Crippen LogP contribution in [0.2, 0.25) is 0 Å². The van der Waals surface area contributed by atoms with Crippen molar-refractivity contribution in [1.82, 2.24) is 4.90 Å². The summed E-state index contributed by atoms with van der Waals surface area (Å²) < 4.78 is 64.0. The van der Waals surface area contributed by atoms with E-state index in [-0.39, 0.29) is 47.6 Å². The zero-order valence-electron chi connectivity index (χ0n) is 13.0. The smallest absolute Gasteiger partial charge is 0.405 e. The molecule has 0 spiro atoms. The molecule has 1 aliphatic heterocycles.